The van der Waals surface area contributed by atoms with Gasteiger partial charge in [0.25, 0.3) is 0 Å². The summed E-state index contributed by atoms with van der Waals surface area (Å²) in [4.78, 5) is 8.30. The molecule has 1 aliphatic heterocycles. The number of ether oxygens (including phenoxy) is 1. The lowest BCUT2D eigenvalue weighted by Crippen LogP contribution is -2.14. The Bertz CT molecular complexity index is 603. The molecule has 19 heavy (non-hydrogen) atoms. The molecular weight excluding hydrogens is 262 g/mol. The summed E-state index contributed by atoms with van der Waals surface area (Å²) in [6.45, 7) is 2.64. The van der Waals surface area contributed by atoms with Gasteiger partial charge in [-0.2, -0.15) is 0 Å². The van der Waals surface area contributed by atoms with Gasteiger partial charge in [0.2, 0.25) is 0 Å². The topological polar surface area (TPSA) is 47.0 Å². The highest BCUT2D eigenvalue weighted by molar-refractivity contribution is 6.30. The molecule has 0 saturated heterocycles. The quantitative estimate of drug-likeness (QED) is 0.874. The van der Waals surface area contributed by atoms with Crippen LogP contribution in [-0.2, 0) is 6.42 Å². The summed E-state index contributed by atoms with van der Waals surface area (Å²) in [6, 6.07) is 8.13. The van der Waals surface area contributed by atoms with Crippen LogP contribution >= 0.6 is 11.6 Å². The number of nitrogens with zero attached hydrogens (tertiary/aromatic N) is 2. The maximum atomic E-state index is 6.09. The summed E-state index contributed by atoms with van der Waals surface area (Å²) in [5.41, 5.74) is 2.09. The first-order valence-corrected chi connectivity index (χ1v) is 6.65. The Morgan fingerprint density at radius 3 is 3.05 bits per heavy atom. The number of rotatable bonds is 3. The first-order chi connectivity index (χ1) is 9.29. The summed E-state index contributed by atoms with van der Waals surface area (Å²) in [5, 5.41) is 3.90. The molecule has 98 valence electrons. The van der Waals surface area contributed by atoms with Gasteiger partial charge in [-0.05, 0) is 12.5 Å². The van der Waals surface area contributed by atoms with Crippen LogP contribution in [0.15, 0.2) is 30.6 Å². The number of nitrogens with one attached hydrogen (secondary N) is 1. The smallest absolute Gasteiger partial charge is 0.137 e. The van der Waals surface area contributed by atoms with Gasteiger partial charge in [-0.15, -0.1) is 0 Å². The summed E-state index contributed by atoms with van der Waals surface area (Å²) in [7, 11) is 0. The molecule has 5 heteroatoms. The molecule has 0 radical (unpaired) electrons. The number of fused-ring (bicyclic) bond motifs is 1. The second-order valence-electron chi connectivity index (χ2n) is 4.39. The van der Waals surface area contributed by atoms with E-state index in [4.69, 9.17) is 16.3 Å². The molecule has 2 heterocycles. The molecule has 1 aromatic carbocycles. The molecule has 1 aromatic heterocycles. The van der Waals surface area contributed by atoms with Gasteiger partial charge in [-0.1, -0.05) is 36.7 Å². The predicted octanol–water partition coefficient (Wildman–Crippen LogP) is 3.24. The first kappa shape index (κ1) is 12.2. The van der Waals surface area contributed by atoms with Crippen molar-refractivity contribution in [3.8, 4) is 5.75 Å². The Hall–Kier alpha value is -1.81. The molecule has 1 aliphatic rings. The third-order valence-electron chi connectivity index (χ3n) is 3.26. The fourth-order valence-electron chi connectivity index (χ4n) is 2.28. The maximum absolute atomic E-state index is 6.09. The standard InChI is InChI=1S/C14H14ClN3O/c1-2-9-13(15)16-8-17-14(9)18-11-7-19-12-6-4-3-5-10(11)12/h3-6,8,11H,2,7H2,1H3,(H,16,17,18). The molecule has 0 amide bonds. The molecule has 1 atom stereocenters. The summed E-state index contributed by atoms with van der Waals surface area (Å²) >= 11 is 6.09. The number of aromatic nitrogens is 2. The molecule has 2 aromatic rings. The van der Waals surface area contributed by atoms with E-state index in [9.17, 15) is 0 Å². The minimum Gasteiger partial charge on any atom is -0.491 e. The second kappa shape index (κ2) is 5.05. The zero-order valence-electron chi connectivity index (χ0n) is 10.6. The normalized spacial score (nSPS) is 16.8. The highest BCUT2D eigenvalue weighted by Gasteiger charge is 2.24. The van der Waals surface area contributed by atoms with Crippen LogP contribution in [0.2, 0.25) is 5.15 Å². The maximum Gasteiger partial charge on any atom is 0.137 e. The van der Waals surface area contributed by atoms with E-state index in [1.807, 2.05) is 25.1 Å². The van der Waals surface area contributed by atoms with Crippen molar-refractivity contribution in [2.75, 3.05) is 11.9 Å². The first-order valence-electron chi connectivity index (χ1n) is 6.27. The lowest BCUT2D eigenvalue weighted by Gasteiger charge is -2.15. The molecule has 1 N–H and O–H groups in total. The molecule has 0 fully saturated rings. The van der Waals surface area contributed by atoms with Gasteiger partial charge < -0.3 is 10.1 Å². The molecule has 0 aliphatic carbocycles. The van der Waals surface area contributed by atoms with E-state index < -0.39 is 0 Å². The van der Waals surface area contributed by atoms with Crippen LogP contribution in [0.3, 0.4) is 0 Å². The number of hydrogen-bond donors (Lipinski definition) is 1. The van der Waals surface area contributed by atoms with Crippen LogP contribution in [0.4, 0.5) is 5.82 Å². The van der Waals surface area contributed by atoms with E-state index in [1.54, 1.807) is 0 Å². The Morgan fingerprint density at radius 2 is 2.21 bits per heavy atom. The molecule has 0 bridgehead atoms. The van der Waals surface area contributed by atoms with Crippen LogP contribution in [-0.4, -0.2) is 16.6 Å². The highest BCUT2D eigenvalue weighted by atomic mass is 35.5. The van der Waals surface area contributed by atoms with Crippen LogP contribution in [0.5, 0.6) is 5.75 Å². The van der Waals surface area contributed by atoms with Crippen LogP contribution in [0.25, 0.3) is 0 Å². The third-order valence-corrected chi connectivity index (χ3v) is 3.58. The summed E-state index contributed by atoms with van der Waals surface area (Å²) < 4.78 is 5.65. The lowest BCUT2D eigenvalue weighted by molar-refractivity contribution is 0.339. The van der Waals surface area contributed by atoms with E-state index >= 15 is 0 Å². The van der Waals surface area contributed by atoms with Crippen LogP contribution in [0.1, 0.15) is 24.1 Å². The molecular formula is C14H14ClN3O. The van der Waals surface area contributed by atoms with E-state index in [2.05, 4.69) is 21.4 Å². The van der Waals surface area contributed by atoms with Crippen LogP contribution < -0.4 is 10.1 Å². The fraction of sp³-hybridized carbons (Fsp3) is 0.286. The van der Waals surface area contributed by atoms with Gasteiger partial charge in [0, 0.05) is 11.1 Å². The molecule has 0 saturated carbocycles. The van der Waals surface area contributed by atoms with E-state index in [-0.39, 0.29) is 6.04 Å². The van der Waals surface area contributed by atoms with E-state index in [1.165, 1.54) is 6.33 Å². The van der Waals surface area contributed by atoms with Gasteiger partial charge in [-0.3, -0.25) is 0 Å². The Labute approximate surface area is 116 Å². The monoisotopic (exact) mass is 275 g/mol. The number of benzene rings is 1. The second-order valence-corrected chi connectivity index (χ2v) is 4.75. The average molecular weight is 276 g/mol. The van der Waals surface area contributed by atoms with Crippen LogP contribution in [0, 0.1) is 0 Å². The SMILES string of the molecule is CCc1c(Cl)ncnc1NC1COc2ccccc21. The number of para-hydroxylation sites is 1. The molecule has 4 nitrogen and oxygen atoms in total. The average Bonchev–Trinajstić information content (AvgIpc) is 2.83. The van der Waals surface area contributed by atoms with Crippen molar-refractivity contribution in [1.29, 1.82) is 0 Å². The van der Waals surface area contributed by atoms with Crippen molar-refractivity contribution in [2.24, 2.45) is 0 Å². The van der Waals surface area contributed by atoms with Gasteiger partial charge in [0.1, 0.15) is 29.7 Å². The summed E-state index contributed by atoms with van der Waals surface area (Å²) in [6.07, 6.45) is 2.27. The van der Waals surface area contributed by atoms with E-state index in [0.29, 0.717) is 11.8 Å². The molecule has 3 rings (SSSR count). The van der Waals surface area contributed by atoms with Gasteiger partial charge in [0.05, 0.1) is 6.04 Å². The van der Waals surface area contributed by atoms with Crippen molar-refractivity contribution < 1.29 is 4.74 Å². The van der Waals surface area contributed by atoms with Crippen molar-refractivity contribution in [3.05, 3.63) is 46.9 Å². The molecule has 1 unspecified atom stereocenters. The predicted molar refractivity (Wildman–Crippen MR) is 74.7 cm³/mol. The lowest BCUT2D eigenvalue weighted by atomic mass is 10.1. The van der Waals surface area contributed by atoms with Gasteiger partial charge in [0.15, 0.2) is 0 Å². The number of halogens is 1. The van der Waals surface area contributed by atoms with Crippen molar-refractivity contribution in [1.82, 2.24) is 9.97 Å². The van der Waals surface area contributed by atoms with Gasteiger partial charge >= 0.3 is 0 Å². The summed E-state index contributed by atoms with van der Waals surface area (Å²) in [5.74, 6) is 1.71. The molecule has 0 spiro atoms. The zero-order chi connectivity index (χ0) is 13.2. The highest BCUT2D eigenvalue weighted by Crippen LogP contribution is 2.34. The van der Waals surface area contributed by atoms with Crippen molar-refractivity contribution >= 4 is 17.4 Å². The van der Waals surface area contributed by atoms with E-state index in [0.717, 1.165) is 29.1 Å². The van der Waals surface area contributed by atoms with Crippen molar-refractivity contribution in [2.45, 2.75) is 19.4 Å². The minimum absolute atomic E-state index is 0.104. The zero-order valence-corrected chi connectivity index (χ0v) is 11.3. The minimum atomic E-state index is 0.104. The third kappa shape index (κ3) is 2.24. The largest absolute Gasteiger partial charge is 0.491 e. The Balaban J connectivity index is 1.90. The number of hydrogen-bond acceptors (Lipinski definition) is 4. The number of anilines is 1. The Morgan fingerprint density at radius 1 is 1.37 bits per heavy atom. The fourth-order valence-corrected chi connectivity index (χ4v) is 2.54. The Kier molecular flexibility index (Phi) is 3.25. The van der Waals surface area contributed by atoms with Crippen molar-refractivity contribution in [3.63, 3.8) is 0 Å². The van der Waals surface area contributed by atoms with Gasteiger partial charge in [-0.25, -0.2) is 9.97 Å².